The van der Waals surface area contributed by atoms with Crippen molar-refractivity contribution in [2.75, 3.05) is 0 Å². The Labute approximate surface area is 166 Å². The highest BCUT2D eigenvalue weighted by atomic mass is 32.1. The maximum Gasteiger partial charge on any atom is 0.349 e. The van der Waals surface area contributed by atoms with Gasteiger partial charge >= 0.3 is 5.97 Å². The van der Waals surface area contributed by atoms with Gasteiger partial charge in [-0.1, -0.05) is 42.5 Å². The molecule has 0 radical (unpaired) electrons. The Morgan fingerprint density at radius 3 is 2.39 bits per heavy atom. The minimum Gasteiger partial charge on any atom is -0.443 e. The van der Waals surface area contributed by atoms with Crippen LogP contribution >= 0.6 is 11.3 Å². The molecule has 4 rings (SSSR count). The SMILES string of the molecule is O=C(OC(C(=O)NC1CC1)c1ccccc1)c1ccc(-c2ccc(F)cc2)s1. The van der Waals surface area contributed by atoms with Gasteiger partial charge in [0.2, 0.25) is 6.10 Å². The van der Waals surface area contributed by atoms with E-state index in [0.29, 0.717) is 10.4 Å². The summed E-state index contributed by atoms with van der Waals surface area (Å²) in [5.74, 6) is -1.18. The molecule has 0 aliphatic heterocycles. The van der Waals surface area contributed by atoms with Crippen LogP contribution in [0.15, 0.2) is 66.7 Å². The molecule has 142 valence electrons. The van der Waals surface area contributed by atoms with E-state index in [2.05, 4.69) is 5.32 Å². The second-order valence-corrected chi connectivity index (χ2v) is 7.73. The number of rotatable bonds is 6. The summed E-state index contributed by atoms with van der Waals surface area (Å²) >= 11 is 1.25. The van der Waals surface area contributed by atoms with Gasteiger partial charge in [0.15, 0.2) is 0 Å². The number of amides is 1. The number of thiophene rings is 1. The third-order valence-electron chi connectivity index (χ3n) is 4.42. The van der Waals surface area contributed by atoms with E-state index in [1.165, 1.54) is 23.5 Å². The van der Waals surface area contributed by atoms with Crippen LogP contribution in [-0.4, -0.2) is 17.9 Å². The summed E-state index contributed by atoms with van der Waals surface area (Å²) in [6.45, 7) is 0. The van der Waals surface area contributed by atoms with E-state index < -0.39 is 12.1 Å². The molecule has 1 amide bonds. The molecule has 1 N–H and O–H groups in total. The van der Waals surface area contributed by atoms with Gasteiger partial charge in [0.1, 0.15) is 10.7 Å². The standard InChI is InChI=1S/C22H18FNO3S/c23-16-8-6-14(7-9-16)18-12-13-19(28-18)22(26)27-20(15-4-2-1-3-5-15)21(25)24-17-10-11-17/h1-9,12-13,17,20H,10-11H2,(H,24,25). The van der Waals surface area contributed by atoms with Crippen molar-refractivity contribution in [1.82, 2.24) is 5.32 Å². The highest BCUT2D eigenvalue weighted by Crippen LogP contribution is 2.30. The second kappa shape index (κ2) is 7.94. The Hall–Kier alpha value is -2.99. The largest absolute Gasteiger partial charge is 0.443 e. The molecule has 0 saturated heterocycles. The van der Waals surface area contributed by atoms with Gasteiger partial charge in [-0.2, -0.15) is 0 Å². The van der Waals surface area contributed by atoms with Gasteiger partial charge in [0.25, 0.3) is 5.91 Å². The predicted molar refractivity (Wildman–Crippen MR) is 105 cm³/mol. The van der Waals surface area contributed by atoms with Crippen LogP contribution in [0.4, 0.5) is 4.39 Å². The van der Waals surface area contributed by atoms with Gasteiger partial charge in [0, 0.05) is 16.5 Å². The number of hydrogen-bond acceptors (Lipinski definition) is 4. The van der Waals surface area contributed by atoms with Crippen LogP contribution in [0.2, 0.25) is 0 Å². The van der Waals surface area contributed by atoms with Crippen LogP contribution < -0.4 is 5.32 Å². The van der Waals surface area contributed by atoms with Crippen LogP contribution in [0, 0.1) is 5.82 Å². The quantitative estimate of drug-likeness (QED) is 0.614. The minimum atomic E-state index is -0.995. The molecule has 1 aromatic heterocycles. The molecule has 0 bridgehead atoms. The van der Waals surface area contributed by atoms with Gasteiger partial charge in [-0.3, -0.25) is 4.79 Å². The van der Waals surface area contributed by atoms with Crippen molar-refractivity contribution in [1.29, 1.82) is 0 Å². The van der Waals surface area contributed by atoms with Gasteiger partial charge in [-0.15, -0.1) is 11.3 Å². The molecule has 0 spiro atoms. The maximum atomic E-state index is 13.1. The smallest absolute Gasteiger partial charge is 0.349 e. The number of ether oxygens (including phenoxy) is 1. The Morgan fingerprint density at radius 1 is 1.00 bits per heavy atom. The molecule has 6 heteroatoms. The highest BCUT2D eigenvalue weighted by Gasteiger charge is 2.31. The zero-order valence-corrected chi connectivity index (χ0v) is 15.7. The minimum absolute atomic E-state index is 0.171. The van der Waals surface area contributed by atoms with Gasteiger partial charge in [-0.25, -0.2) is 9.18 Å². The lowest BCUT2D eigenvalue weighted by atomic mass is 10.1. The summed E-state index contributed by atoms with van der Waals surface area (Å²) in [4.78, 5) is 26.5. The third-order valence-corrected chi connectivity index (χ3v) is 5.54. The average molecular weight is 395 g/mol. The van der Waals surface area contributed by atoms with E-state index in [-0.39, 0.29) is 17.8 Å². The van der Waals surface area contributed by atoms with E-state index in [4.69, 9.17) is 4.74 Å². The molecule has 1 atom stereocenters. The van der Waals surface area contributed by atoms with Crippen LogP contribution in [0.3, 0.4) is 0 Å². The number of hydrogen-bond donors (Lipinski definition) is 1. The van der Waals surface area contributed by atoms with Crippen LogP contribution in [-0.2, 0) is 9.53 Å². The molecule has 28 heavy (non-hydrogen) atoms. The molecule has 2 aromatic carbocycles. The number of benzene rings is 2. The van der Waals surface area contributed by atoms with Crippen LogP contribution in [0.5, 0.6) is 0 Å². The fourth-order valence-corrected chi connectivity index (χ4v) is 3.68. The lowest BCUT2D eigenvalue weighted by Crippen LogP contribution is -2.33. The molecule has 3 aromatic rings. The van der Waals surface area contributed by atoms with Crippen molar-refractivity contribution in [3.63, 3.8) is 0 Å². The lowest BCUT2D eigenvalue weighted by Gasteiger charge is -2.17. The van der Waals surface area contributed by atoms with E-state index in [0.717, 1.165) is 23.3 Å². The molecule has 1 aliphatic carbocycles. The second-order valence-electron chi connectivity index (χ2n) is 6.65. The highest BCUT2D eigenvalue weighted by molar-refractivity contribution is 7.17. The third kappa shape index (κ3) is 4.28. The fourth-order valence-electron chi connectivity index (χ4n) is 2.79. The van der Waals surface area contributed by atoms with Crippen molar-refractivity contribution in [2.24, 2.45) is 0 Å². The van der Waals surface area contributed by atoms with Crippen molar-refractivity contribution < 1.29 is 18.7 Å². The lowest BCUT2D eigenvalue weighted by molar-refractivity contribution is -0.130. The number of carbonyl (C=O) groups excluding carboxylic acids is 2. The summed E-state index contributed by atoms with van der Waals surface area (Å²) in [5, 5.41) is 2.90. The topological polar surface area (TPSA) is 55.4 Å². The summed E-state index contributed by atoms with van der Waals surface area (Å²) in [7, 11) is 0. The van der Waals surface area contributed by atoms with Gasteiger partial charge in [-0.05, 0) is 42.7 Å². The zero-order chi connectivity index (χ0) is 19.5. The Kier molecular flexibility index (Phi) is 5.21. The number of carbonyl (C=O) groups is 2. The summed E-state index contributed by atoms with van der Waals surface area (Å²) < 4.78 is 18.7. The zero-order valence-electron chi connectivity index (χ0n) is 14.9. The molecule has 1 fully saturated rings. The molecule has 1 aliphatic rings. The van der Waals surface area contributed by atoms with Crippen LogP contribution in [0.1, 0.15) is 34.2 Å². The first-order chi connectivity index (χ1) is 13.6. The first kappa shape index (κ1) is 18.4. The Balaban J connectivity index is 1.52. The number of esters is 1. The fraction of sp³-hybridized carbons (Fsp3) is 0.182. The Bertz CT molecular complexity index is 981. The molecular weight excluding hydrogens is 377 g/mol. The van der Waals surface area contributed by atoms with Gasteiger partial charge < -0.3 is 10.1 Å². The number of nitrogens with one attached hydrogen (secondary N) is 1. The average Bonchev–Trinajstić information content (AvgIpc) is 3.38. The molecule has 1 unspecified atom stereocenters. The van der Waals surface area contributed by atoms with E-state index >= 15 is 0 Å². The molecule has 1 heterocycles. The monoisotopic (exact) mass is 395 g/mol. The van der Waals surface area contributed by atoms with E-state index in [1.807, 2.05) is 6.07 Å². The van der Waals surface area contributed by atoms with Gasteiger partial charge in [0.05, 0.1) is 0 Å². The first-order valence-corrected chi connectivity index (χ1v) is 9.84. The molecular formula is C22H18FNO3S. The summed E-state index contributed by atoms with van der Waals surface area (Å²) in [6, 6.07) is 18.7. The van der Waals surface area contributed by atoms with Crippen molar-refractivity contribution in [3.8, 4) is 10.4 Å². The van der Waals surface area contributed by atoms with E-state index in [9.17, 15) is 14.0 Å². The predicted octanol–water partition coefficient (Wildman–Crippen LogP) is 4.73. The summed E-state index contributed by atoms with van der Waals surface area (Å²) in [5.41, 5.74) is 1.45. The first-order valence-electron chi connectivity index (χ1n) is 9.02. The summed E-state index contributed by atoms with van der Waals surface area (Å²) in [6.07, 6.45) is 0.908. The Morgan fingerprint density at radius 2 is 1.71 bits per heavy atom. The van der Waals surface area contributed by atoms with E-state index in [1.54, 1.807) is 48.5 Å². The van der Waals surface area contributed by atoms with Crippen molar-refractivity contribution in [3.05, 3.63) is 83.0 Å². The molecule has 1 saturated carbocycles. The maximum absolute atomic E-state index is 13.1. The normalized spacial score (nSPS) is 14.3. The number of halogens is 1. The van der Waals surface area contributed by atoms with Crippen LogP contribution in [0.25, 0.3) is 10.4 Å². The molecule has 4 nitrogen and oxygen atoms in total. The van der Waals surface area contributed by atoms with Crippen molar-refractivity contribution >= 4 is 23.2 Å². The van der Waals surface area contributed by atoms with Crippen molar-refractivity contribution in [2.45, 2.75) is 25.0 Å².